The molecule has 1 aromatic carbocycles. The van der Waals surface area contributed by atoms with Crippen LogP contribution in [-0.4, -0.2) is 41.8 Å². The molecule has 4 aromatic rings. The molecule has 5 rings (SSSR count). The number of pyridine rings is 1. The Morgan fingerprint density at radius 1 is 1.23 bits per heavy atom. The van der Waals surface area contributed by atoms with Crippen LogP contribution in [0.2, 0.25) is 5.02 Å². The Balaban J connectivity index is 1.72. The number of nitrogens with two attached hydrogens (primary N) is 1. The van der Waals surface area contributed by atoms with E-state index in [1.54, 1.807) is 27.8 Å². The quantitative estimate of drug-likeness (QED) is 0.501. The van der Waals surface area contributed by atoms with Gasteiger partial charge in [-0.1, -0.05) is 17.7 Å². The van der Waals surface area contributed by atoms with Gasteiger partial charge in [0.2, 0.25) is 0 Å². The molecule has 0 bridgehead atoms. The maximum Gasteiger partial charge on any atom is 0.258 e. The third-order valence-electron chi connectivity index (χ3n) is 5.88. The molecule has 0 fully saturated rings. The highest BCUT2D eigenvalue weighted by Crippen LogP contribution is 2.37. The molecule has 9 heteroatoms. The smallest absolute Gasteiger partial charge is 0.258 e. The highest BCUT2D eigenvalue weighted by Gasteiger charge is 2.30. The highest BCUT2D eigenvalue weighted by molar-refractivity contribution is 6.31. The largest absolute Gasteiger partial charge is 0.508 e. The molecular formula is C22H21ClN6O2. The van der Waals surface area contributed by atoms with Crippen LogP contribution in [0, 0.1) is 13.8 Å². The Morgan fingerprint density at radius 3 is 2.84 bits per heavy atom. The number of fused-ring (bicyclic) bond motifs is 2. The number of hydrogen-bond donors (Lipinski definition) is 2. The lowest BCUT2D eigenvalue weighted by Gasteiger charge is -2.27. The van der Waals surface area contributed by atoms with Crippen LogP contribution < -0.4 is 5.73 Å². The summed E-state index contributed by atoms with van der Waals surface area (Å²) in [5.74, 6) is 0.229. The van der Waals surface area contributed by atoms with Crippen LogP contribution in [0.3, 0.4) is 0 Å². The summed E-state index contributed by atoms with van der Waals surface area (Å²) in [6.07, 6.45) is 3.27. The first-order valence-electron chi connectivity index (χ1n) is 9.91. The molecule has 3 aromatic heterocycles. The average Bonchev–Trinajstić information content (AvgIpc) is 3.32. The summed E-state index contributed by atoms with van der Waals surface area (Å²) in [5, 5.41) is 15.6. The number of aryl methyl sites for hydroxylation is 1. The monoisotopic (exact) mass is 436 g/mol. The van der Waals surface area contributed by atoms with Crippen LogP contribution in [-0.2, 0) is 13.1 Å². The molecule has 0 unspecified atom stereocenters. The lowest BCUT2D eigenvalue weighted by molar-refractivity contribution is 0.0709. The normalized spacial score (nSPS) is 13.6. The average molecular weight is 437 g/mol. The summed E-state index contributed by atoms with van der Waals surface area (Å²) >= 11 is 6.24. The molecule has 3 N–H and O–H groups in total. The number of phenols is 1. The van der Waals surface area contributed by atoms with Crippen molar-refractivity contribution in [1.82, 2.24) is 24.2 Å². The first-order valence-corrected chi connectivity index (χ1v) is 10.3. The fourth-order valence-electron chi connectivity index (χ4n) is 4.30. The molecule has 0 spiro atoms. The topological polar surface area (TPSA) is 102 Å². The van der Waals surface area contributed by atoms with Gasteiger partial charge in [-0.2, -0.15) is 5.10 Å². The molecule has 4 heterocycles. The van der Waals surface area contributed by atoms with Crippen molar-refractivity contribution in [1.29, 1.82) is 0 Å². The van der Waals surface area contributed by atoms with E-state index in [-0.39, 0.29) is 17.5 Å². The molecular weight excluding hydrogens is 416 g/mol. The van der Waals surface area contributed by atoms with E-state index in [2.05, 4.69) is 10.1 Å². The zero-order valence-electron chi connectivity index (χ0n) is 17.1. The van der Waals surface area contributed by atoms with Gasteiger partial charge in [-0.05, 0) is 37.6 Å². The molecule has 1 amide bonds. The Bertz CT molecular complexity index is 1360. The minimum absolute atomic E-state index is 0.146. The van der Waals surface area contributed by atoms with Crippen molar-refractivity contribution in [3.05, 3.63) is 64.1 Å². The van der Waals surface area contributed by atoms with E-state index < -0.39 is 0 Å². The molecule has 0 saturated heterocycles. The number of nitrogens with zero attached hydrogens (tertiary/aromatic N) is 5. The van der Waals surface area contributed by atoms with E-state index in [1.807, 2.05) is 30.7 Å². The predicted molar refractivity (Wildman–Crippen MR) is 119 cm³/mol. The van der Waals surface area contributed by atoms with Crippen LogP contribution in [0.15, 0.2) is 36.7 Å². The number of nitrogen functional groups attached to an aromatic ring is 1. The zero-order chi connectivity index (χ0) is 21.9. The van der Waals surface area contributed by atoms with Crippen molar-refractivity contribution >= 4 is 34.4 Å². The maximum absolute atomic E-state index is 13.6. The van der Waals surface area contributed by atoms with Crippen molar-refractivity contribution in [2.45, 2.75) is 26.9 Å². The number of hydrogen-bond acceptors (Lipinski definition) is 5. The Morgan fingerprint density at radius 2 is 2.03 bits per heavy atom. The van der Waals surface area contributed by atoms with Crippen LogP contribution in [0.25, 0.3) is 16.7 Å². The van der Waals surface area contributed by atoms with Crippen LogP contribution >= 0.6 is 11.6 Å². The second-order valence-corrected chi connectivity index (χ2v) is 8.20. The van der Waals surface area contributed by atoms with Gasteiger partial charge in [-0.25, -0.2) is 4.98 Å². The summed E-state index contributed by atoms with van der Waals surface area (Å²) < 4.78 is 3.63. The second kappa shape index (κ2) is 7.02. The maximum atomic E-state index is 13.6. The van der Waals surface area contributed by atoms with Crippen LogP contribution in [0.5, 0.6) is 5.75 Å². The minimum Gasteiger partial charge on any atom is -0.508 e. The lowest BCUT2D eigenvalue weighted by Crippen LogP contribution is -2.38. The fraction of sp³-hybridized carbons (Fsp3) is 0.227. The first-order chi connectivity index (χ1) is 14.9. The number of aromatic hydroxyl groups is 1. The van der Waals surface area contributed by atoms with Gasteiger partial charge in [0.15, 0.2) is 0 Å². The summed E-state index contributed by atoms with van der Waals surface area (Å²) in [6, 6.07) is 7.07. The first kappa shape index (κ1) is 19.4. The number of phenolic OH excluding ortho intramolecular Hbond substituents is 1. The van der Waals surface area contributed by atoms with Crippen molar-refractivity contribution in [2.24, 2.45) is 0 Å². The van der Waals surface area contributed by atoms with Crippen molar-refractivity contribution < 1.29 is 9.90 Å². The molecule has 8 nitrogen and oxygen atoms in total. The van der Waals surface area contributed by atoms with E-state index in [0.29, 0.717) is 52.5 Å². The van der Waals surface area contributed by atoms with Gasteiger partial charge in [-0.15, -0.1) is 0 Å². The number of aromatic nitrogens is 4. The number of carbonyl (C=O) groups is 1. The molecule has 1 aliphatic rings. The van der Waals surface area contributed by atoms with Crippen LogP contribution in [0.4, 0.5) is 5.82 Å². The number of carbonyl (C=O) groups excluding carboxylic acids is 1. The standard InChI is InChI=1S/C22H21ClN6O2/c1-12-3-4-17(30)13(2)19(12)29-20(24)18(16-9-14(23)10-25-21(16)29)22(31)27-7-8-28-15(11-27)5-6-26-28/h3-6,9-10,30H,7-8,11,24H2,1-2H3. The Labute approximate surface area is 183 Å². The van der Waals surface area contributed by atoms with Gasteiger partial charge in [0.1, 0.15) is 17.2 Å². The second-order valence-electron chi connectivity index (χ2n) is 7.77. The third kappa shape index (κ3) is 2.94. The summed E-state index contributed by atoms with van der Waals surface area (Å²) in [4.78, 5) is 19.9. The van der Waals surface area contributed by atoms with E-state index in [0.717, 1.165) is 11.3 Å². The number of anilines is 1. The van der Waals surface area contributed by atoms with Gasteiger partial charge in [0, 0.05) is 29.9 Å². The Hall–Kier alpha value is -3.52. The van der Waals surface area contributed by atoms with Gasteiger partial charge in [-0.3, -0.25) is 14.0 Å². The van der Waals surface area contributed by atoms with Crippen molar-refractivity contribution in [2.75, 3.05) is 12.3 Å². The number of halogens is 1. The molecule has 0 saturated carbocycles. The van der Waals surface area contributed by atoms with Crippen molar-refractivity contribution in [3.63, 3.8) is 0 Å². The number of benzene rings is 1. The van der Waals surface area contributed by atoms with Gasteiger partial charge in [0.25, 0.3) is 5.91 Å². The summed E-state index contributed by atoms with van der Waals surface area (Å²) in [7, 11) is 0. The van der Waals surface area contributed by atoms with Crippen LogP contribution in [0.1, 0.15) is 27.2 Å². The molecule has 0 radical (unpaired) electrons. The van der Waals surface area contributed by atoms with E-state index in [9.17, 15) is 9.90 Å². The third-order valence-corrected chi connectivity index (χ3v) is 6.09. The predicted octanol–water partition coefficient (Wildman–Crippen LogP) is 3.44. The van der Waals surface area contributed by atoms with Gasteiger partial charge >= 0.3 is 0 Å². The molecule has 158 valence electrons. The Kier molecular flexibility index (Phi) is 4.40. The summed E-state index contributed by atoms with van der Waals surface area (Å²) in [5.41, 5.74) is 10.7. The number of rotatable bonds is 2. The highest BCUT2D eigenvalue weighted by atomic mass is 35.5. The molecule has 1 aliphatic heterocycles. The fourth-order valence-corrected chi connectivity index (χ4v) is 4.45. The van der Waals surface area contributed by atoms with Crippen molar-refractivity contribution in [3.8, 4) is 11.4 Å². The van der Waals surface area contributed by atoms with Gasteiger partial charge in [0.05, 0.1) is 35.1 Å². The zero-order valence-corrected chi connectivity index (χ0v) is 17.9. The summed E-state index contributed by atoms with van der Waals surface area (Å²) in [6.45, 7) is 5.33. The van der Waals surface area contributed by atoms with E-state index in [1.165, 1.54) is 6.20 Å². The molecule has 31 heavy (non-hydrogen) atoms. The minimum atomic E-state index is -0.187. The lowest BCUT2D eigenvalue weighted by atomic mass is 10.1. The SMILES string of the molecule is Cc1ccc(O)c(C)c1-n1c(N)c(C(=O)N2CCn3nccc3C2)c2cc(Cl)cnc21. The number of amides is 1. The van der Waals surface area contributed by atoms with Gasteiger partial charge < -0.3 is 15.7 Å². The van der Waals surface area contributed by atoms with E-state index >= 15 is 0 Å². The molecule has 0 aliphatic carbocycles. The molecule has 0 atom stereocenters. The van der Waals surface area contributed by atoms with E-state index in [4.69, 9.17) is 17.3 Å².